The summed E-state index contributed by atoms with van der Waals surface area (Å²) in [6.07, 6.45) is 0.125. The van der Waals surface area contributed by atoms with Gasteiger partial charge in [-0.2, -0.15) is 0 Å². The fourth-order valence-corrected chi connectivity index (χ4v) is 0.848. The van der Waals surface area contributed by atoms with Crippen molar-refractivity contribution in [1.82, 2.24) is 0 Å². The van der Waals surface area contributed by atoms with Gasteiger partial charge in [0.25, 0.3) is 0 Å². The van der Waals surface area contributed by atoms with E-state index in [1.165, 1.54) is 14.0 Å². The van der Waals surface area contributed by atoms with Gasteiger partial charge >= 0.3 is 11.9 Å². The first-order valence-electron chi connectivity index (χ1n) is 2.89. The number of hydrogen-bond acceptors (Lipinski definition) is 4. The maximum absolute atomic E-state index is 10.8. The smallest absolute Gasteiger partial charge is 0.350 e. The zero-order valence-corrected chi connectivity index (χ0v) is 5.84. The molecule has 0 radical (unpaired) electrons. The third-order valence-corrected chi connectivity index (χ3v) is 1.44. The molecule has 1 atom stereocenters. The quantitative estimate of drug-likeness (QED) is 0.481. The summed E-state index contributed by atoms with van der Waals surface area (Å²) in [6.45, 7) is 1.53. The van der Waals surface area contributed by atoms with E-state index in [2.05, 4.69) is 9.47 Å². The number of hydrogen-bond donors (Lipinski definition) is 0. The van der Waals surface area contributed by atoms with Crippen molar-refractivity contribution in [2.45, 2.75) is 18.9 Å². The van der Waals surface area contributed by atoms with Gasteiger partial charge in [-0.3, -0.25) is 4.79 Å². The first-order valence-corrected chi connectivity index (χ1v) is 2.89. The summed E-state index contributed by atoms with van der Waals surface area (Å²) in [5.41, 5.74) is -1.01. The molecule has 1 aliphatic heterocycles. The first-order chi connectivity index (χ1) is 4.58. The summed E-state index contributed by atoms with van der Waals surface area (Å²) in [6, 6.07) is 0. The third kappa shape index (κ3) is 0.853. The minimum absolute atomic E-state index is 0.125. The Morgan fingerprint density at radius 1 is 1.80 bits per heavy atom. The van der Waals surface area contributed by atoms with Gasteiger partial charge in [-0.1, -0.05) is 0 Å². The predicted molar refractivity (Wildman–Crippen MR) is 31.1 cm³/mol. The number of carbonyl (C=O) groups excluding carboxylic acids is 2. The maximum atomic E-state index is 10.8. The van der Waals surface area contributed by atoms with Crippen LogP contribution in [0.1, 0.15) is 13.3 Å². The number of cyclic esters (lactones) is 1. The van der Waals surface area contributed by atoms with Gasteiger partial charge in [0.2, 0.25) is 5.60 Å². The Morgan fingerprint density at radius 3 is 2.60 bits per heavy atom. The highest BCUT2D eigenvalue weighted by Gasteiger charge is 2.49. The van der Waals surface area contributed by atoms with Crippen molar-refractivity contribution in [3.8, 4) is 0 Å². The average molecular weight is 144 g/mol. The molecular formula is C6H8O4. The molecule has 4 nitrogen and oxygen atoms in total. The number of carbonyl (C=O) groups is 2. The molecule has 0 saturated carbocycles. The minimum Gasteiger partial charge on any atom is -0.466 e. The lowest BCUT2D eigenvalue weighted by molar-refractivity contribution is -0.202. The molecule has 0 aliphatic carbocycles. The number of rotatable bonds is 1. The van der Waals surface area contributed by atoms with E-state index < -0.39 is 11.6 Å². The second-order valence-electron chi connectivity index (χ2n) is 2.37. The van der Waals surface area contributed by atoms with Crippen LogP contribution >= 0.6 is 0 Å². The Kier molecular flexibility index (Phi) is 1.39. The summed E-state index contributed by atoms with van der Waals surface area (Å²) in [5.74, 6) is -0.847. The van der Waals surface area contributed by atoms with E-state index in [0.29, 0.717) is 0 Å². The van der Waals surface area contributed by atoms with Crippen molar-refractivity contribution in [2.24, 2.45) is 0 Å². The predicted octanol–water partition coefficient (Wildman–Crippen LogP) is -0.135. The SMILES string of the molecule is COC(=O)[C@]1(C)CC(=O)O1. The van der Waals surface area contributed by atoms with Gasteiger partial charge < -0.3 is 9.47 Å². The van der Waals surface area contributed by atoms with E-state index in [-0.39, 0.29) is 12.4 Å². The van der Waals surface area contributed by atoms with Crippen LogP contribution in [-0.2, 0) is 19.1 Å². The summed E-state index contributed by atoms with van der Waals surface area (Å²) in [5, 5.41) is 0. The van der Waals surface area contributed by atoms with Crippen LogP contribution in [0.25, 0.3) is 0 Å². The summed E-state index contributed by atoms with van der Waals surface area (Å²) >= 11 is 0. The molecule has 4 heteroatoms. The molecular weight excluding hydrogens is 136 g/mol. The van der Waals surface area contributed by atoms with E-state index in [1.807, 2.05) is 0 Å². The molecule has 0 spiro atoms. The van der Waals surface area contributed by atoms with Crippen LogP contribution in [-0.4, -0.2) is 24.6 Å². The molecule has 1 aliphatic rings. The van der Waals surface area contributed by atoms with Crippen molar-refractivity contribution in [2.75, 3.05) is 7.11 Å². The third-order valence-electron chi connectivity index (χ3n) is 1.44. The zero-order valence-electron chi connectivity index (χ0n) is 5.84. The van der Waals surface area contributed by atoms with Crippen LogP contribution in [0.4, 0.5) is 0 Å². The fourth-order valence-electron chi connectivity index (χ4n) is 0.848. The van der Waals surface area contributed by atoms with Crippen molar-refractivity contribution < 1.29 is 19.1 Å². The van der Waals surface area contributed by atoms with E-state index >= 15 is 0 Å². The van der Waals surface area contributed by atoms with E-state index in [0.717, 1.165) is 0 Å². The second-order valence-corrected chi connectivity index (χ2v) is 2.37. The van der Waals surface area contributed by atoms with Crippen molar-refractivity contribution in [3.05, 3.63) is 0 Å². The fraction of sp³-hybridized carbons (Fsp3) is 0.667. The lowest BCUT2D eigenvalue weighted by atomic mass is 9.97. The first kappa shape index (κ1) is 7.05. The highest BCUT2D eigenvalue weighted by Crippen LogP contribution is 2.27. The molecule has 0 bridgehead atoms. The Balaban J connectivity index is 2.56. The van der Waals surface area contributed by atoms with Crippen LogP contribution in [0.5, 0.6) is 0 Å². The standard InChI is InChI=1S/C6H8O4/c1-6(5(8)9-2)3-4(7)10-6/h3H2,1-2H3/t6-/m0/s1. The number of esters is 2. The van der Waals surface area contributed by atoms with Gasteiger partial charge in [-0.25, -0.2) is 4.79 Å². The second kappa shape index (κ2) is 1.97. The Labute approximate surface area is 58.1 Å². The van der Waals surface area contributed by atoms with E-state index in [1.54, 1.807) is 0 Å². The van der Waals surface area contributed by atoms with Crippen molar-refractivity contribution in [1.29, 1.82) is 0 Å². The zero-order chi connectivity index (χ0) is 7.78. The monoisotopic (exact) mass is 144 g/mol. The van der Waals surface area contributed by atoms with Crippen LogP contribution in [0.2, 0.25) is 0 Å². The molecule has 0 N–H and O–H groups in total. The lowest BCUT2D eigenvalue weighted by Crippen LogP contribution is -2.51. The topological polar surface area (TPSA) is 52.6 Å². The van der Waals surface area contributed by atoms with E-state index in [4.69, 9.17) is 0 Å². The number of methoxy groups -OCH3 is 1. The Bertz CT molecular complexity index is 176. The molecule has 0 amide bonds. The van der Waals surface area contributed by atoms with Gasteiger partial charge in [0.15, 0.2) is 0 Å². The van der Waals surface area contributed by atoms with Crippen LogP contribution in [0.15, 0.2) is 0 Å². The molecule has 1 saturated heterocycles. The van der Waals surface area contributed by atoms with Crippen LogP contribution in [0, 0.1) is 0 Å². The molecule has 0 aromatic rings. The summed E-state index contributed by atoms with van der Waals surface area (Å²) in [4.78, 5) is 21.1. The normalized spacial score (nSPS) is 30.4. The van der Waals surface area contributed by atoms with Crippen LogP contribution < -0.4 is 0 Å². The molecule has 1 heterocycles. The van der Waals surface area contributed by atoms with Gasteiger partial charge in [-0.15, -0.1) is 0 Å². The van der Waals surface area contributed by atoms with E-state index in [9.17, 15) is 9.59 Å². The highest BCUT2D eigenvalue weighted by atomic mass is 16.6. The molecule has 56 valence electrons. The Hall–Kier alpha value is -1.06. The number of ether oxygens (including phenoxy) is 2. The van der Waals surface area contributed by atoms with Crippen LogP contribution in [0.3, 0.4) is 0 Å². The molecule has 1 rings (SSSR count). The van der Waals surface area contributed by atoms with Crippen molar-refractivity contribution in [3.63, 3.8) is 0 Å². The summed E-state index contributed by atoms with van der Waals surface area (Å²) < 4.78 is 8.96. The molecule has 0 aromatic heterocycles. The van der Waals surface area contributed by atoms with Gasteiger partial charge in [0.05, 0.1) is 13.5 Å². The summed E-state index contributed by atoms with van der Waals surface area (Å²) in [7, 11) is 1.26. The van der Waals surface area contributed by atoms with Gasteiger partial charge in [0, 0.05) is 0 Å². The van der Waals surface area contributed by atoms with Gasteiger partial charge in [0.1, 0.15) is 0 Å². The Morgan fingerprint density at radius 2 is 2.30 bits per heavy atom. The highest BCUT2D eigenvalue weighted by molar-refractivity contribution is 5.92. The average Bonchev–Trinajstić information content (AvgIpc) is 1.83. The molecule has 10 heavy (non-hydrogen) atoms. The maximum Gasteiger partial charge on any atom is 0.350 e. The largest absolute Gasteiger partial charge is 0.466 e. The van der Waals surface area contributed by atoms with Crippen molar-refractivity contribution >= 4 is 11.9 Å². The minimum atomic E-state index is -1.01. The molecule has 0 unspecified atom stereocenters. The molecule has 1 fully saturated rings. The molecule has 0 aromatic carbocycles. The lowest BCUT2D eigenvalue weighted by Gasteiger charge is -2.33. The van der Waals surface area contributed by atoms with Gasteiger partial charge in [-0.05, 0) is 6.92 Å².